The molecule has 0 amide bonds. The highest BCUT2D eigenvalue weighted by Gasteiger charge is 2.14. The second kappa shape index (κ2) is 9.30. The third-order valence-electron chi connectivity index (χ3n) is 3.16. The lowest BCUT2D eigenvalue weighted by atomic mass is 10.1. The van der Waals surface area contributed by atoms with Crippen LogP contribution in [0.4, 0.5) is 0 Å². The van der Waals surface area contributed by atoms with Gasteiger partial charge < -0.3 is 0 Å². The van der Waals surface area contributed by atoms with Crippen molar-refractivity contribution >= 4 is 13.9 Å². The van der Waals surface area contributed by atoms with Gasteiger partial charge in [-0.05, 0) is 40.0 Å². The van der Waals surface area contributed by atoms with Crippen molar-refractivity contribution in [2.24, 2.45) is 0 Å². The van der Waals surface area contributed by atoms with Crippen LogP contribution in [0.15, 0.2) is 23.3 Å². The monoisotopic (exact) mass is 280 g/mol. The predicted octanol–water partition coefficient (Wildman–Crippen LogP) is 5.76. The van der Waals surface area contributed by atoms with Crippen LogP contribution in [0, 0.1) is 0 Å². The van der Waals surface area contributed by atoms with Gasteiger partial charge in [0.25, 0.3) is 0 Å². The first kappa shape index (κ1) is 18.4. The summed E-state index contributed by atoms with van der Waals surface area (Å²) in [6.45, 7) is 13.4. The summed E-state index contributed by atoms with van der Waals surface area (Å²) in [6, 6.07) is 1.13. The lowest BCUT2D eigenvalue weighted by molar-refractivity contribution is -0.118. The van der Waals surface area contributed by atoms with Crippen molar-refractivity contribution in [3.05, 3.63) is 23.3 Å². The second-order valence-corrected chi connectivity index (χ2v) is 12.6. The predicted molar refractivity (Wildman–Crippen MR) is 89.4 cm³/mol. The van der Waals surface area contributed by atoms with E-state index in [0.29, 0.717) is 5.78 Å². The Hall–Kier alpha value is -0.633. The Morgan fingerprint density at radius 1 is 0.895 bits per heavy atom. The summed E-state index contributed by atoms with van der Waals surface area (Å²) in [5.74, 6) is 0.441. The van der Waals surface area contributed by atoms with Crippen molar-refractivity contribution in [2.75, 3.05) is 0 Å². The molecule has 0 radical (unpaired) electrons. The molecular formula is C17H32OSi. The minimum absolute atomic E-state index is 0.441. The normalized spacial score (nSPS) is 12.4. The van der Waals surface area contributed by atoms with Crippen molar-refractivity contribution in [1.82, 2.24) is 0 Å². The zero-order valence-corrected chi connectivity index (χ0v) is 14.8. The molecule has 0 unspecified atom stereocenters. The van der Waals surface area contributed by atoms with Gasteiger partial charge in [-0.15, -0.1) is 0 Å². The molecule has 0 aromatic rings. The molecule has 1 nitrogen and oxygen atoms in total. The van der Waals surface area contributed by atoms with E-state index in [1.165, 1.54) is 11.1 Å². The molecule has 0 aliphatic carbocycles. The summed E-state index contributed by atoms with van der Waals surface area (Å²) in [4.78, 5) is 11.8. The first-order chi connectivity index (χ1) is 8.70. The van der Waals surface area contributed by atoms with E-state index < -0.39 is 8.07 Å². The highest BCUT2D eigenvalue weighted by Crippen LogP contribution is 2.14. The molecule has 0 aliphatic heterocycles. The quantitative estimate of drug-likeness (QED) is 0.388. The molecule has 0 bridgehead atoms. The molecule has 0 atom stereocenters. The van der Waals surface area contributed by atoms with Gasteiger partial charge in [-0.2, -0.15) is 0 Å². The Balaban J connectivity index is 3.81. The number of carbonyl (C=O) groups excluding carboxylic acids is 1. The molecule has 0 heterocycles. The fourth-order valence-electron chi connectivity index (χ4n) is 1.81. The maximum absolute atomic E-state index is 11.8. The van der Waals surface area contributed by atoms with Crippen LogP contribution in [0.1, 0.15) is 52.9 Å². The van der Waals surface area contributed by atoms with Gasteiger partial charge in [-0.1, -0.05) is 49.0 Å². The summed E-state index contributed by atoms with van der Waals surface area (Å²) in [7, 11) is -1.05. The first-order valence-electron chi connectivity index (χ1n) is 7.51. The van der Waals surface area contributed by atoms with Crippen molar-refractivity contribution in [1.29, 1.82) is 0 Å². The van der Waals surface area contributed by atoms with Gasteiger partial charge >= 0.3 is 0 Å². The Bertz CT molecular complexity index is 328. The van der Waals surface area contributed by atoms with Gasteiger partial charge in [0.1, 0.15) is 5.78 Å². The molecule has 0 N–H and O–H groups in total. The smallest absolute Gasteiger partial charge is 0.132 e. The van der Waals surface area contributed by atoms with Gasteiger partial charge in [0.15, 0.2) is 0 Å². The van der Waals surface area contributed by atoms with Crippen LogP contribution in [0.25, 0.3) is 0 Å². The third kappa shape index (κ3) is 13.6. The van der Waals surface area contributed by atoms with E-state index in [2.05, 4.69) is 52.6 Å². The number of carbonyl (C=O) groups is 1. The SMILES string of the molecule is CC(C)=CCC/C(C)=C\CCC(=O)CC[Si](C)(C)C. The molecule has 0 saturated carbocycles. The number of ketones is 1. The average molecular weight is 281 g/mol. The molecule has 0 aliphatic rings. The minimum atomic E-state index is -1.05. The number of hydrogen-bond acceptors (Lipinski definition) is 1. The molecule has 0 fully saturated rings. The van der Waals surface area contributed by atoms with Gasteiger partial charge in [0.05, 0.1) is 0 Å². The summed E-state index contributed by atoms with van der Waals surface area (Å²) in [6.07, 6.45) is 9.19. The molecule has 0 rings (SSSR count). The second-order valence-electron chi connectivity index (χ2n) is 7.01. The van der Waals surface area contributed by atoms with E-state index in [4.69, 9.17) is 0 Å². The van der Waals surface area contributed by atoms with E-state index in [-0.39, 0.29) is 0 Å². The van der Waals surface area contributed by atoms with Crippen molar-refractivity contribution in [2.45, 2.75) is 78.6 Å². The Kier molecular flexibility index (Phi) is 8.99. The van der Waals surface area contributed by atoms with E-state index in [1.807, 2.05) is 0 Å². The molecule has 19 heavy (non-hydrogen) atoms. The van der Waals surface area contributed by atoms with Crippen molar-refractivity contribution < 1.29 is 4.79 Å². The minimum Gasteiger partial charge on any atom is -0.300 e. The fourth-order valence-corrected chi connectivity index (χ4v) is 2.84. The van der Waals surface area contributed by atoms with Crippen LogP contribution < -0.4 is 0 Å². The summed E-state index contributed by atoms with van der Waals surface area (Å²) >= 11 is 0. The first-order valence-corrected chi connectivity index (χ1v) is 11.2. The zero-order chi connectivity index (χ0) is 14.9. The lowest BCUT2D eigenvalue weighted by Gasteiger charge is -2.14. The summed E-state index contributed by atoms with van der Waals surface area (Å²) < 4.78 is 0. The van der Waals surface area contributed by atoms with Crippen LogP contribution in [0.2, 0.25) is 25.7 Å². The molecular weight excluding hydrogens is 248 g/mol. The molecule has 0 aromatic heterocycles. The average Bonchev–Trinajstić information content (AvgIpc) is 2.25. The van der Waals surface area contributed by atoms with Gasteiger partial charge in [0, 0.05) is 20.9 Å². The van der Waals surface area contributed by atoms with Gasteiger partial charge in [-0.3, -0.25) is 4.79 Å². The molecule has 2 heteroatoms. The molecule has 0 aromatic carbocycles. The largest absolute Gasteiger partial charge is 0.300 e. The topological polar surface area (TPSA) is 17.1 Å². The van der Waals surface area contributed by atoms with Gasteiger partial charge in [-0.25, -0.2) is 0 Å². The fraction of sp³-hybridized carbons (Fsp3) is 0.706. The molecule has 0 saturated heterocycles. The van der Waals surface area contributed by atoms with Gasteiger partial charge in [0.2, 0.25) is 0 Å². The Labute approximate surface area is 121 Å². The number of Topliss-reactive ketones (excluding diaryl/α,β-unsaturated/α-hetero) is 1. The van der Waals surface area contributed by atoms with E-state index in [0.717, 1.165) is 38.1 Å². The lowest BCUT2D eigenvalue weighted by Crippen LogP contribution is -2.20. The zero-order valence-electron chi connectivity index (χ0n) is 13.8. The number of hydrogen-bond donors (Lipinski definition) is 0. The Morgan fingerprint density at radius 2 is 1.47 bits per heavy atom. The summed E-state index contributed by atoms with van der Waals surface area (Å²) in [5.41, 5.74) is 2.80. The van der Waals surface area contributed by atoms with Crippen LogP contribution in [-0.4, -0.2) is 13.9 Å². The van der Waals surface area contributed by atoms with E-state index in [9.17, 15) is 4.79 Å². The maximum atomic E-state index is 11.8. The van der Waals surface area contributed by atoms with Crippen LogP contribution in [0.3, 0.4) is 0 Å². The van der Waals surface area contributed by atoms with Crippen molar-refractivity contribution in [3.63, 3.8) is 0 Å². The maximum Gasteiger partial charge on any atom is 0.132 e. The molecule has 0 spiro atoms. The summed E-state index contributed by atoms with van der Waals surface area (Å²) in [5, 5.41) is 0. The van der Waals surface area contributed by atoms with Crippen LogP contribution >= 0.6 is 0 Å². The molecule has 110 valence electrons. The van der Waals surface area contributed by atoms with Crippen molar-refractivity contribution in [3.8, 4) is 0 Å². The van der Waals surface area contributed by atoms with Crippen LogP contribution in [0.5, 0.6) is 0 Å². The highest BCUT2D eigenvalue weighted by molar-refractivity contribution is 6.76. The van der Waals surface area contributed by atoms with Crippen LogP contribution in [-0.2, 0) is 4.79 Å². The highest BCUT2D eigenvalue weighted by atomic mass is 28.3. The third-order valence-corrected chi connectivity index (χ3v) is 4.91. The number of allylic oxidation sites excluding steroid dienone is 4. The van der Waals surface area contributed by atoms with E-state index >= 15 is 0 Å². The standard InChI is InChI=1S/C17H32OSi/c1-15(2)9-7-10-16(3)11-8-12-17(18)13-14-19(4,5)6/h9,11H,7-8,10,12-14H2,1-6H3/b16-11-. The number of rotatable bonds is 9. The van der Waals surface area contributed by atoms with E-state index in [1.54, 1.807) is 0 Å². The Morgan fingerprint density at radius 3 is 2.00 bits per heavy atom.